The zero-order valence-electron chi connectivity index (χ0n) is 46.6. The molecule has 0 unspecified atom stereocenters. The number of hydrogen-bond acceptors (Lipinski definition) is 11. The summed E-state index contributed by atoms with van der Waals surface area (Å²) in [5.74, 6) is 2.39. The Bertz CT molecular complexity index is 4830. The Hall–Kier alpha value is -9.81. The van der Waals surface area contributed by atoms with E-state index in [9.17, 15) is 57.9 Å². The number of benzene rings is 11. The van der Waals surface area contributed by atoms with Crippen LogP contribution in [0.3, 0.4) is 0 Å². The second-order valence-electron chi connectivity index (χ2n) is 19.5. The van der Waals surface area contributed by atoms with Gasteiger partial charge in [-0.05, 0) is 151 Å². The topological polar surface area (TPSA) is 251 Å². The lowest BCUT2D eigenvalue weighted by molar-refractivity contribution is -0.165. The molecule has 0 bridgehead atoms. The Morgan fingerprint density at radius 2 is 0.921 bits per heavy atom. The molecule has 1 aromatic heterocycles. The normalized spacial score (nSPS) is 11.7. The highest BCUT2D eigenvalue weighted by Crippen LogP contribution is 2.36. The van der Waals surface area contributed by atoms with E-state index in [1.165, 1.54) is 70.8 Å². The van der Waals surface area contributed by atoms with E-state index >= 15 is 0 Å². The second-order valence-corrected chi connectivity index (χ2v) is 22.6. The average molecular weight is 1250 g/mol. The fraction of sp³-hybridized carbons (Fsp3) is 0.0896. The summed E-state index contributed by atoms with van der Waals surface area (Å²) >= 11 is 0. The van der Waals surface area contributed by atoms with Crippen molar-refractivity contribution >= 4 is 108 Å². The summed E-state index contributed by atoms with van der Waals surface area (Å²) in [5, 5.41) is 43.6. The lowest BCUT2D eigenvalue weighted by Crippen LogP contribution is -2.20. The lowest BCUT2D eigenvalue weighted by atomic mass is 9.99. The van der Waals surface area contributed by atoms with Gasteiger partial charge in [-0.2, -0.15) is 31.4 Å². The number of Topliss-reactive ketones (excluding diaryl/α,β-unsaturated/α-hetero) is 1. The van der Waals surface area contributed by atoms with Crippen LogP contribution in [0.15, 0.2) is 234 Å². The van der Waals surface area contributed by atoms with E-state index in [0.717, 1.165) is 64.8 Å². The molecule has 0 aliphatic rings. The number of aliphatic hydroxyl groups excluding tert-OH is 2. The van der Waals surface area contributed by atoms with Gasteiger partial charge in [-0.1, -0.05) is 153 Å². The summed E-state index contributed by atoms with van der Waals surface area (Å²) in [6.45, 7) is 3.53. The number of primary sulfonamides is 2. The number of hydrazine groups is 1. The van der Waals surface area contributed by atoms with Gasteiger partial charge in [0.05, 0.1) is 21.2 Å². The van der Waals surface area contributed by atoms with Crippen molar-refractivity contribution in [2.24, 2.45) is 16.1 Å². The van der Waals surface area contributed by atoms with Gasteiger partial charge in [-0.25, -0.2) is 31.8 Å². The Morgan fingerprint density at radius 1 is 0.539 bits per heavy atom. The van der Waals surface area contributed by atoms with Crippen LogP contribution in [0.5, 0.6) is 0 Å². The number of nitrogen functional groups attached to an aromatic ring is 1. The largest absolute Gasteiger partial charge is 0.507 e. The standard InChI is InChI=1S/C24H16F3N3O2S.C18H11F3O2.C16H12O.C6H9N3O2S.C2H6O.CH4/c25-24(26,27)23-14-22(30(29-23)18-8-10-19(11-9-18)33(28,31)32)17-7-12-21-16(13-17)6-5-15-3-1-2-4-20(15)21;19-18(20,21)17(23)10-16(22)13-7-8-15-12(9-13)6-5-11-3-1-2-4-14(11)15;1-11(17)13-8-9-16-14(10-13)7-6-12-4-2-3-5-15(12)16;7-9-5-1-3-6(4-2-5)12(8,10)11;1-2-3;/h1-14H,(H2,28,31,32);1-10,22H;2-10H,1H3;1-4,9H,7H2,(H2,8,10,11);3H,2H2,1H3;1H4/b;16-10-;;;;. The maximum absolute atomic E-state index is 13.5. The Morgan fingerprint density at radius 3 is 1.34 bits per heavy atom. The number of carbonyl (C=O) groups excluding carboxylic acids is 2. The zero-order valence-corrected chi connectivity index (χ0v) is 48.3. The van der Waals surface area contributed by atoms with Crippen LogP contribution in [0.4, 0.5) is 32.0 Å². The maximum Gasteiger partial charge on any atom is 0.454 e. The highest BCUT2D eigenvalue weighted by atomic mass is 32.2. The number of hydrogen-bond donors (Lipinski definition) is 6. The number of aromatic nitrogens is 2. The molecule has 0 fully saturated rings. The highest BCUT2D eigenvalue weighted by Gasteiger charge is 2.37. The molecule has 0 spiro atoms. The molecule has 0 saturated carbocycles. The van der Waals surface area contributed by atoms with Crippen molar-refractivity contribution in [3.63, 3.8) is 0 Å². The van der Waals surface area contributed by atoms with Gasteiger partial charge in [-0.15, -0.1) is 0 Å². The first-order valence-corrected chi connectivity index (χ1v) is 29.6. The van der Waals surface area contributed by atoms with Crippen molar-refractivity contribution in [2.45, 2.75) is 43.4 Å². The van der Waals surface area contributed by atoms with E-state index in [-0.39, 0.29) is 52.6 Å². The predicted molar refractivity (Wildman–Crippen MR) is 340 cm³/mol. The number of alkyl halides is 6. The third kappa shape index (κ3) is 16.2. The summed E-state index contributed by atoms with van der Waals surface area (Å²) in [4.78, 5) is 22.2. The smallest absolute Gasteiger partial charge is 0.454 e. The van der Waals surface area contributed by atoms with Crippen LogP contribution in [0.1, 0.15) is 42.9 Å². The number of rotatable bonds is 8. The van der Waals surface area contributed by atoms with Gasteiger partial charge in [0.25, 0.3) is 5.78 Å². The van der Waals surface area contributed by atoms with E-state index < -0.39 is 49.6 Å². The number of nitrogens with two attached hydrogens (primary N) is 3. The number of sulfonamides is 2. The third-order valence-corrected chi connectivity index (χ3v) is 15.4. The molecule has 0 aliphatic carbocycles. The van der Waals surface area contributed by atoms with Crippen molar-refractivity contribution in [1.82, 2.24) is 9.78 Å². The van der Waals surface area contributed by atoms with Crippen LogP contribution in [0.25, 0.3) is 87.3 Å². The first-order valence-electron chi connectivity index (χ1n) is 26.5. The number of carbonyl (C=O) groups is 2. The molecule has 1 heterocycles. The van der Waals surface area contributed by atoms with Gasteiger partial charge in [0.15, 0.2) is 11.5 Å². The fourth-order valence-electron chi connectivity index (χ4n) is 9.31. The van der Waals surface area contributed by atoms with E-state index in [4.69, 9.17) is 21.2 Å². The van der Waals surface area contributed by atoms with Crippen LogP contribution in [0, 0.1) is 0 Å². The van der Waals surface area contributed by atoms with Gasteiger partial charge in [-0.3, -0.25) is 15.4 Å². The molecule has 0 atom stereocenters. The Kier molecular flexibility index (Phi) is 20.9. The minimum absolute atomic E-state index is 0. The predicted octanol–water partition coefficient (Wildman–Crippen LogP) is 15.0. The van der Waals surface area contributed by atoms with Crippen molar-refractivity contribution < 1.29 is 63.0 Å². The maximum atomic E-state index is 13.5. The van der Waals surface area contributed by atoms with E-state index in [2.05, 4.69) is 34.8 Å². The summed E-state index contributed by atoms with van der Waals surface area (Å²) in [7, 11) is -7.53. The molecule has 12 aromatic rings. The van der Waals surface area contributed by atoms with Gasteiger partial charge < -0.3 is 15.6 Å². The molecule has 0 radical (unpaired) electrons. The molecule has 458 valence electrons. The number of halogens is 6. The lowest BCUT2D eigenvalue weighted by Gasteiger charge is -2.10. The van der Waals surface area contributed by atoms with Gasteiger partial charge in [0.1, 0.15) is 5.76 Å². The van der Waals surface area contributed by atoms with Crippen LogP contribution < -0.4 is 21.5 Å². The molecule has 9 N–H and O–H groups in total. The van der Waals surface area contributed by atoms with Gasteiger partial charge in [0, 0.05) is 35.1 Å². The Labute approximate surface area is 507 Å². The molecule has 89 heavy (non-hydrogen) atoms. The number of anilines is 1. The van der Waals surface area contributed by atoms with Crippen LogP contribution in [-0.4, -0.2) is 61.2 Å². The molecular formula is C67H58F6N6O8S2. The third-order valence-electron chi connectivity index (χ3n) is 13.5. The second kappa shape index (κ2) is 27.9. The van der Waals surface area contributed by atoms with Crippen LogP contribution >= 0.6 is 0 Å². The summed E-state index contributed by atoms with van der Waals surface area (Å²) < 4.78 is 123. The minimum Gasteiger partial charge on any atom is -0.507 e. The molecule has 22 heteroatoms. The average Bonchev–Trinajstić information content (AvgIpc) is 2.15. The van der Waals surface area contributed by atoms with Gasteiger partial charge in [0.2, 0.25) is 20.0 Å². The highest BCUT2D eigenvalue weighted by molar-refractivity contribution is 7.89. The van der Waals surface area contributed by atoms with Crippen molar-refractivity contribution in [1.29, 1.82) is 0 Å². The molecule has 0 saturated heterocycles. The minimum atomic E-state index is -5.00. The number of fused-ring (bicyclic) bond motifs is 9. The first-order chi connectivity index (χ1) is 41.7. The molecule has 11 aromatic carbocycles. The fourth-order valence-corrected chi connectivity index (χ4v) is 10.3. The molecule has 14 nitrogen and oxygen atoms in total. The molecular weight excluding hydrogens is 1190 g/mol. The Balaban J connectivity index is 0.000000176. The van der Waals surface area contributed by atoms with Crippen LogP contribution in [0.2, 0.25) is 0 Å². The van der Waals surface area contributed by atoms with Gasteiger partial charge >= 0.3 is 12.4 Å². The SMILES string of the molecule is C.CC(=O)c1ccc2c(ccc3ccccc32)c1.CCO.NNc1ccc(S(N)(=O)=O)cc1.NS(=O)(=O)c1ccc(-n2nc(C(F)(F)F)cc2-c2ccc3c(ccc4ccccc43)c2)cc1.O=C(/C=C(\O)c1ccc2c(ccc3ccccc32)c1)C(F)(F)F. The van der Waals surface area contributed by atoms with Crippen LogP contribution in [-0.2, 0) is 31.0 Å². The van der Waals surface area contributed by atoms with E-state index in [1.807, 2.05) is 115 Å². The monoisotopic (exact) mass is 1250 g/mol. The molecule has 0 amide bonds. The first kappa shape index (κ1) is 66.7. The molecule has 0 aliphatic heterocycles. The molecule has 12 rings (SSSR count). The van der Waals surface area contributed by atoms with Crippen molar-refractivity contribution in [3.05, 3.63) is 241 Å². The van der Waals surface area contributed by atoms with E-state index in [1.54, 1.807) is 32.0 Å². The summed E-state index contributed by atoms with van der Waals surface area (Å²) in [6, 6.07) is 63.8. The van der Waals surface area contributed by atoms with E-state index in [0.29, 0.717) is 11.3 Å². The quantitative estimate of drug-likeness (QED) is 0.0159. The zero-order chi connectivity index (χ0) is 63.7. The summed E-state index contributed by atoms with van der Waals surface area (Å²) in [6.07, 6.45) is -9.45. The van der Waals surface area contributed by atoms with Crippen molar-refractivity contribution in [3.8, 4) is 16.9 Å². The number of ketones is 2. The van der Waals surface area contributed by atoms with Crippen molar-refractivity contribution in [2.75, 3.05) is 12.0 Å². The number of allylic oxidation sites excluding steroid dienone is 1. The number of nitrogens with zero attached hydrogens (tertiary/aromatic N) is 2. The number of nitrogens with one attached hydrogen (secondary N) is 1. The number of aliphatic hydroxyl groups is 2. The summed E-state index contributed by atoms with van der Waals surface area (Å²) in [5.41, 5.74) is 3.91.